The summed E-state index contributed by atoms with van der Waals surface area (Å²) in [6, 6.07) is 8.94. The van der Waals surface area contributed by atoms with Crippen LogP contribution in [0, 0.1) is 18.6 Å². The number of anilines is 1. The van der Waals surface area contributed by atoms with Gasteiger partial charge in [0.05, 0.1) is 0 Å². The Balaban J connectivity index is 1.73. The van der Waals surface area contributed by atoms with Crippen molar-refractivity contribution in [3.8, 4) is 0 Å². The lowest BCUT2D eigenvalue weighted by molar-refractivity contribution is -0.146. The maximum absolute atomic E-state index is 13.4. The van der Waals surface area contributed by atoms with Gasteiger partial charge in [0, 0.05) is 11.3 Å². The summed E-state index contributed by atoms with van der Waals surface area (Å²) in [6.07, 6.45) is 0. The fourth-order valence-corrected chi connectivity index (χ4v) is 1.92. The normalized spacial score (nSPS) is 10.1. The lowest BCUT2D eigenvalue weighted by Crippen LogP contribution is -2.32. The first-order valence-electron chi connectivity index (χ1n) is 7.60. The molecule has 0 aliphatic rings. The van der Waals surface area contributed by atoms with E-state index in [9.17, 15) is 23.2 Å². The molecule has 2 aromatic carbocycles. The molecule has 0 radical (unpaired) electrons. The Labute approximate surface area is 148 Å². The molecule has 2 rings (SSSR count). The molecule has 0 saturated heterocycles. The Morgan fingerprint density at radius 3 is 2.38 bits per heavy atom. The topological polar surface area (TPSA) is 84.5 Å². The lowest BCUT2D eigenvalue weighted by Gasteiger charge is -2.08. The van der Waals surface area contributed by atoms with E-state index in [2.05, 4.69) is 10.6 Å². The van der Waals surface area contributed by atoms with Crippen molar-refractivity contribution in [2.24, 2.45) is 0 Å². The Bertz CT molecular complexity index is 822. The third-order valence-electron chi connectivity index (χ3n) is 3.32. The number of amides is 2. The lowest BCUT2D eigenvalue weighted by atomic mass is 10.2. The average molecular weight is 362 g/mol. The van der Waals surface area contributed by atoms with Gasteiger partial charge in [0.15, 0.2) is 6.61 Å². The molecule has 0 fully saturated rings. The zero-order chi connectivity index (χ0) is 19.1. The summed E-state index contributed by atoms with van der Waals surface area (Å²) in [5.41, 5.74) is 0.850. The SMILES string of the molecule is Cc1ccc(NC(=O)COC(=O)CNC(=O)c2ccc(F)cc2)cc1F. The molecule has 0 spiro atoms. The van der Waals surface area contributed by atoms with Gasteiger partial charge in [-0.05, 0) is 48.9 Å². The molecule has 2 amide bonds. The second kappa shape index (κ2) is 8.70. The molecule has 0 unspecified atom stereocenters. The number of halogens is 2. The number of esters is 1. The first kappa shape index (κ1) is 19.0. The van der Waals surface area contributed by atoms with E-state index in [1.165, 1.54) is 24.3 Å². The summed E-state index contributed by atoms with van der Waals surface area (Å²) in [6.45, 7) is 0.548. The van der Waals surface area contributed by atoms with Crippen molar-refractivity contribution in [1.82, 2.24) is 5.32 Å². The first-order chi connectivity index (χ1) is 12.3. The standard InChI is InChI=1S/C18H16F2N2O4/c1-11-2-7-14(8-15(11)20)22-16(23)10-26-17(24)9-21-18(25)12-3-5-13(19)6-4-12/h2-8H,9-10H2,1H3,(H,21,25)(H,22,23). The second-order valence-corrected chi connectivity index (χ2v) is 5.36. The molecule has 2 aromatic rings. The van der Waals surface area contributed by atoms with E-state index in [1.807, 2.05) is 0 Å². The highest BCUT2D eigenvalue weighted by Gasteiger charge is 2.11. The Hall–Kier alpha value is -3.29. The fraction of sp³-hybridized carbons (Fsp3) is 0.167. The van der Waals surface area contributed by atoms with E-state index in [0.29, 0.717) is 5.56 Å². The van der Waals surface area contributed by atoms with Crippen molar-refractivity contribution in [2.45, 2.75) is 6.92 Å². The predicted octanol–water partition coefficient (Wildman–Crippen LogP) is 2.18. The second-order valence-electron chi connectivity index (χ2n) is 5.36. The zero-order valence-corrected chi connectivity index (χ0v) is 13.8. The predicted molar refractivity (Wildman–Crippen MR) is 89.5 cm³/mol. The molecule has 26 heavy (non-hydrogen) atoms. The van der Waals surface area contributed by atoms with Gasteiger partial charge in [0.25, 0.3) is 11.8 Å². The number of rotatable bonds is 6. The van der Waals surface area contributed by atoms with Crippen LogP contribution in [0.25, 0.3) is 0 Å². The fourth-order valence-electron chi connectivity index (χ4n) is 1.92. The van der Waals surface area contributed by atoms with Crippen molar-refractivity contribution in [2.75, 3.05) is 18.5 Å². The molecule has 0 aromatic heterocycles. The molecule has 0 aliphatic heterocycles. The van der Waals surface area contributed by atoms with Crippen LogP contribution in [0.2, 0.25) is 0 Å². The van der Waals surface area contributed by atoms with Crippen molar-refractivity contribution in [3.05, 3.63) is 65.2 Å². The van der Waals surface area contributed by atoms with Gasteiger partial charge in [-0.1, -0.05) is 6.07 Å². The largest absolute Gasteiger partial charge is 0.454 e. The van der Waals surface area contributed by atoms with Crippen LogP contribution in [0.4, 0.5) is 14.5 Å². The third-order valence-corrected chi connectivity index (χ3v) is 3.32. The van der Waals surface area contributed by atoms with Crippen LogP contribution < -0.4 is 10.6 Å². The number of aryl methyl sites for hydroxylation is 1. The molecule has 136 valence electrons. The molecule has 6 nitrogen and oxygen atoms in total. The van der Waals surface area contributed by atoms with Crippen LogP contribution >= 0.6 is 0 Å². The molecule has 0 heterocycles. The van der Waals surface area contributed by atoms with Gasteiger partial charge in [-0.2, -0.15) is 0 Å². The maximum atomic E-state index is 13.4. The van der Waals surface area contributed by atoms with Gasteiger partial charge < -0.3 is 15.4 Å². The minimum Gasteiger partial charge on any atom is -0.454 e. The van der Waals surface area contributed by atoms with Crippen LogP contribution in [0.1, 0.15) is 15.9 Å². The average Bonchev–Trinajstić information content (AvgIpc) is 2.61. The minimum absolute atomic E-state index is 0.179. The highest BCUT2D eigenvalue weighted by Crippen LogP contribution is 2.13. The number of hydrogen-bond acceptors (Lipinski definition) is 4. The number of ether oxygens (including phenoxy) is 1. The highest BCUT2D eigenvalue weighted by atomic mass is 19.1. The van der Waals surface area contributed by atoms with Crippen LogP contribution in [-0.4, -0.2) is 30.9 Å². The summed E-state index contributed by atoms with van der Waals surface area (Å²) in [5.74, 6) is -3.01. The number of benzene rings is 2. The number of carbonyl (C=O) groups is 3. The Morgan fingerprint density at radius 2 is 1.73 bits per heavy atom. The Kier molecular flexibility index (Phi) is 6.37. The van der Waals surface area contributed by atoms with Gasteiger partial charge in [0.1, 0.15) is 18.2 Å². The Morgan fingerprint density at radius 1 is 1.04 bits per heavy atom. The van der Waals surface area contributed by atoms with E-state index in [0.717, 1.165) is 18.2 Å². The quantitative estimate of drug-likeness (QED) is 0.772. The highest BCUT2D eigenvalue weighted by molar-refractivity contribution is 5.96. The van der Waals surface area contributed by atoms with E-state index >= 15 is 0 Å². The van der Waals surface area contributed by atoms with Gasteiger partial charge in [-0.3, -0.25) is 14.4 Å². The summed E-state index contributed by atoms with van der Waals surface area (Å²) >= 11 is 0. The summed E-state index contributed by atoms with van der Waals surface area (Å²) in [4.78, 5) is 35.0. The van der Waals surface area contributed by atoms with Crippen LogP contribution in [0.3, 0.4) is 0 Å². The molecule has 0 bridgehead atoms. The smallest absolute Gasteiger partial charge is 0.325 e. The minimum atomic E-state index is -0.828. The van der Waals surface area contributed by atoms with E-state index in [4.69, 9.17) is 4.74 Å². The molecular formula is C18H16F2N2O4. The molecule has 8 heteroatoms. The summed E-state index contributed by atoms with van der Waals surface area (Å²) < 4.78 is 30.9. The molecule has 2 N–H and O–H groups in total. The third kappa shape index (κ3) is 5.66. The van der Waals surface area contributed by atoms with Gasteiger partial charge in [-0.25, -0.2) is 8.78 Å². The number of nitrogens with one attached hydrogen (secondary N) is 2. The van der Waals surface area contributed by atoms with Crippen molar-refractivity contribution >= 4 is 23.5 Å². The maximum Gasteiger partial charge on any atom is 0.325 e. The van der Waals surface area contributed by atoms with Crippen molar-refractivity contribution in [3.63, 3.8) is 0 Å². The summed E-state index contributed by atoms with van der Waals surface area (Å²) in [7, 11) is 0. The van der Waals surface area contributed by atoms with Crippen molar-refractivity contribution in [1.29, 1.82) is 0 Å². The van der Waals surface area contributed by atoms with Crippen molar-refractivity contribution < 1.29 is 27.9 Å². The number of carbonyl (C=O) groups excluding carboxylic acids is 3. The van der Waals surface area contributed by atoms with Crippen LogP contribution in [0.15, 0.2) is 42.5 Å². The molecule has 0 saturated carbocycles. The molecular weight excluding hydrogens is 346 g/mol. The van der Waals surface area contributed by atoms with Gasteiger partial charge in [0.2, 0.25) is 0 Å². The number of hydrogen-bond donors (Lipinski definition) is 2. The van der Waals surface area contributed by atoms with E-state index < -0.39 is 42.6 Å². The van der Waals surface area contributed by atoms with Gasteiger partial charge in [-0.15, -0.1) is 0 Å². The monoisotopic (exact) mass is 362 g/mol. The van der Waals surface area contributed by atoms with Crippen LogP contribution in [0.5, 0.6) is 0 Å². The first-order valence-corrected chi connectivity index (χ1v) is 7.60. The van der Waals surface area contributed by atoms with Gasteiger partial charge >= 0.3 is 5.97 Å². The van der Waals surface area contributed by atoms with E-state index in [-0.39, 0.29) is 11.3 Å². The molecule has 0 aliphatic carbocycles. The molecule has 0 atom stereocenters. The zero-order valence-electron chi connectivity index (χ0n) is 13.8. The summed E-state index contributed by atoms with van der Waals surface area (Å²) in [5, 5.41) is 4.67. The van der Waals surface area contributed by atoms with Crippen LogP contribution in [-0.2, 0) is 14.3 Å². The van der Waals surface area contributed by atoms with E-state index in [1.54, 1.807) is 6.92 Å².